The second-order valence-electron chi connectivity index (χ2n) is 4.24. The third kappa shape index (κ3) is 3.48. The minimum absolute atomic E-state index is 0.00345. The summed E-state index contributed by atoms with van der Waals surface area (Å²) < 4.78 is 4.97. The van der Waals surface area contributed by atoms with Gasteiger partial charge in [0.25, 0.3) is 5.91 Å². The van der Waals surface area contributed by atoms with Crippen molar-refractivity contribution in [3.8, 4) is 0 Å². The van der Waals surface area contributed by atoms with Gasteiger partial charge in [0.05, 0.1) is 0 Å². The molecule has 92 valence electrons. The fraction of sp³-hybridized carbons (Fsp3) is 0.818. The van der Waals surface area contributed by atoms with Crippen LogP contribution in [0.5, 0.6) is 0 Å². The summed E-state index contributed by atoms with van der Waals surface area (Å²) in [5, 5.41) is 8.67. The average Bonchev–Trinajstić information content (AvgIpc) is 2.27. The van der Waals surface area contributed by atoms with Crippen LogP contribution < -0.4 is 0 Å². The molecule has 0 radical (unpaired) electrons. The summed E-state index contributed by atoms with van der Waals surface area (Å²) in [5.74, 6) is -0.550. The van der Waals surface area contributed by atoms with E-state index in [2.05, 4.69) is 0 Å². The van der Waals surface area contributed by atoms with Crippen molar-refractivity contribution in [3.05, 3.63) is 0 Å². The summed E-state index contributed by atoms with van der Waals surface area (Å²) in [6.45, 7) is 3.01. The zero-order chi connectivity index (χ0) is 12.1. The zero-order valence-electron chi connectivity index (χ0n) is 9.81. The van der Waals surface area contributed by atoms with Gasteiger partial charge in [-0.25, -0.2) is 0 Å². The molecule has 1 aliphatic heterocycles. The number of ether oxygens (including phenoxy) is 1. The first-order valence-corrected chi connectivity index (χ1v) is 5.58. The highest BCUT2D eigenvalue weighted by Crippen LogP contribution is 2.21. The van der Waals surface area contributed by atoms with Crippen molar-refractivity contribution in [2.24, 2.45) is 5.92 Å². The van der Waals surface area contributed by atoms with E-state index in [9.17, 15) is 9.59 Å². The first kappa shape index (κ1) is 13.0. The van der Waals surface area contributed by atoms with Crippen molar-refractivity contribution in [1.29, 1.82) is 0 Å². The lowest BCUT2D eigenvalue weighted by molar-refractivity contribution is -0.143. The number of likely N-dealkylation sites (tertiary alicyclic amines) is 1. The fourth-order valence-electron chi connectivity index (χ4n) is 1.96. The quantitative estimate of drug-likeness (QED) is 0.772. The minimum Gasteiger partial charge on any atom is -0.481 e. The smallest absolute Gasteiger partial charge is 0.303 e. The predicted molar refractivity (Wildman–Crippen MR) is 58.0 cm³/mol. The van der Waals surface area contributed by atoms with E-state index in [4.69, 9.17) is 9.84 Å². The van der Waals surface area contributed by atoms with E-state index in [-0.39, 0.29) is 18.2 Å². The van der Waals surface area contributed by atoms with E-state index in [0.717, 1.165) is 12.8 Å². The summed E-state index contributed by atoms with van der Waals surface area (Å²) in [7, 11) is 1.51. The van der Waals surface area contributed by atoms with E-state index in [1.807, 2.05) is 0 Å². The summed E-state index contributed by atoms with van der Waals surface area (Å²) in [4.78, 5) is 24.0. The van der Waals surface area contributed by atoms with Gasteiger partial charge in [0.15, 0.2) is 0 Å². The zero-order valence-corrected chi connectivity index (χ0v) is 9.81. The van der Waals surface area contributed by atoms with Crippen LogP contribution in [0.4, 0.5) is 0 Å². The molecular formula is C11H19NO4. The molecule has 0 aromatic heterocycles. The van der Waals surface area contributed by atoms with Gasteiger partial charge >= 0.3 is 5.97 Å². The fourth-order valence-corrected chi connectivity index (χ4v) is 1.96. The van der Waals surface area contributed by atoms with Gasteiger partial charge in [0.1, 0.15) is 6.10 Å². The van der Waals surface area contributed by atoms with E-state index in [0.29, 0.717) is 13.1 Å². The standard InChI is InChI=1S/C11H19NO4/c1-8(16-2)11(15)12-5-3-9(4-6-12)7-10(13)14/h8-9H,3-7H2,1-2H3,(H,13,14). The summed E-state index contributed by atoms with van der Waals surface area (Å²) in [5.41, 5.74) is 0. The van der Waals surface area contributed by atoms with E-state index < -0.39 is 12.1 Å². The Morgan fingerprint density at radius 3 is 2.44 bits per heavy atom. The van der Waals surface area contributed by atoms with Crippen LogP contribution in [0.2, 0.25) is 0 Å². The number of hydrogen-bond acceptors (Lipinski definition) is 3. The van der Waals surface area contributed by atoms with Crippen molar-refractivity contribution in [1.82, 2.24) is 4.90 Å². The molecule has 0 aliphatic carbocycles. The Morgan fingerprint density at radius 1 is 1.44 bits per heavy atom. The molecule has 1 rings (SSSR count). The molecule has 5 nitrogen and oxygen atoms in total. The Labute approximate surface area is 95.4 Å². The molecule has 1 heterocycles. The second-order valence-corrected chi connectivity index (χ2v) is 4.24. The number of methoxy groups -OCH3 is 1. The van der Waals surface area contributed by atoms with Crippen LogP contribution >= 0.6 is 0 Å². The van der Waals surface area contributed by atoms with Crippen molar-refractivity contribution in [2.75, 3.05) is 20.2 Å². The molecule has 0 spiro atoms. The predicted octanol–water partition coefficient (Wildman–Crippen LogP) is 0.735. The highest BCUT2D eigenvalue weighted by molar-refractivity contribution is 5.80. The summed E-state index contributed by atoms with van der Waals surface area (Å²) >= 11 is 0. The normalized spacial score (nSPS) is 19.5. The van der Waals surface area contributed by atoms with Gasteiger partial charge in [-0.15, -0.1) is 0 Å². The van der Waals surface area contributed by atoms with Crippen LogP contribution in [0.1, 0.15) is 26.2 Å². The number of rotatable bonds is 4. The van der Waals surface area contributed by atoms with Gasteiger partial charge in [0, 0.05) is 26.6 Å². The molecular weight excluding hydrogens is 210 g/mol. The SMILES string of the molecule is COC(C)C(=O)N1CCC(CC(=O)O)CC1. The van der Waals surface area contributed by atoms with Crippen LogP contribution in [0, 0.1) is 5.92 Å². The number of amides is 1. The van der Waals surface area contributed by atoms with Gasteiger partial charge in [0.2, 0.25) is 0 Å². The number of piperidine rings is 1. The molecule has 1 N–H and O–H groups in total. The van der Waals surface area contributed by atoms with Crippen molar-refractivity contribution in [3.63, 3.8) is 0 Å². The highest BCUT2D eigenvalue weighted by Gasteiger charge is 2.26. The van der Waals surface area contributed by atoms with Crippen molar-refractivity contribution < 1.29 is 19.4 Å². The van der Waals surface area contributed by atoms with Crippen LogP contribution in [-0.2, 0) is 14.3 Å². The maximum Gasteiger partial charge on any atom is 0.303 e. The van der Waals surface area contributed by atoms with Crippen LogP contribution in [0.15, 0.2) is 0 Å². The van der Waals surface area contributed by atoms with Crippen LogP contribution in [0.25, 0.3) is 0 Å². The molecule has 0 aromatic rings. The van der Waals surface area contributed by atoms with Gasteiger partial charge in [-0.3, -0.25) is 9.59 Å². The van der Waals surface area contributed by atoms with Crippen LogP contribution in [0.3, 0.4) is 0 Å². The number of carboxylic acid groups (broad SMARTS) is 1. The lowest BCUT2D eigenvalue weighted by Gasteiger charge is -2.32. The lowest BCUT2D eigenvalue weighted by Crippen LogP contribution is -2.43. The van der Waals surface area contributed by atoms with Crippen molar-refractivity contribution in [2.45, 2.75) is 32.3 Å². The number of carboxylic acids is 1. The number of hydrogen-bond donors (Lipinski definition) is 1. The number of carbonyl (C=O) groups excluding carboxylic acids is 1. The Kier molecular flexibility index (Phi) is 4.73. The van der Waals surface area contributed by atoms with Crippen molar-refractivity contribution >= 4 is 11.9 Å². The highest BCUT2D eigenvalue weighted by atomic mass is 16.5. The van der Waals surface area contributed by atoms with Gasteiger partial charge in [-0.2, -0.15) is 0 Å². The molecule has 0 bridgehead atoms. The number of nitrogens with zero attached hydrogens (tertiary/aromatic N) is 1. The molecule has 1 unspecified atom stereocenters. The largest absolute Gasteiger partial charge is 0.481 e. The topological polar surface area (TPSA) is 66.8 Å². The molecule has 1 amide bonds. The molecule has 5 heteroatoms. The molecule has 0 aromatic carbocycles. The molecule has 0 saturated carbocycles. The van der Waals surface area contributed by atoms with E-state index in [1.54, 1.807) is 11.8 Å². The van der Waals surface area contributed by atoms with Gasteiger partial charge in [-0.05, 0) is 25.7 Å². The summed E-state index contributed by atoms with van der Waals surface area (Å²) in [6.07, 6.45) is 1.35. The summed E-state index contributed by atoms with van der Waals surface area (Å²) in [6, 6.07) is 0. The third-order valence-electron chi connectivity index (χ3n) is 3.09. The number of aliphatic carboxylic acids is 1. The second kappa shape index (κ2) is 5.84. The first-order chi connectivity index (χ1) is 7.54. The Morgan fingerprint density at radius 2 is 2.00 bits per heavy atom. The molecule has 1 saturated heterocycles. The molecule has 16 heavy (non-hydrogen) atoms. The van der Waals surface area contributed by atoms with E-state index in [1.165, 1.54) is 7.11 Å². The Bertz CT molecular complexity index is 259. The minimum atomic E-state index is -0.755. The number of carbonyl (C=O) groups is 2. The molecule has 1 aliphatic rings. The van der Waals surface area contributed by atoms with Gasteiger partial charge in [-0.1, -0.05) is 0 Å². The Balaban J connectivity index is 2.37. The van der Waals surface area contributed by atoms with Crippen LogP contribution in [-0.4, -0.2) is 48.2 Å². The monoisotopic (exact) mass is 229 g/mol. The van der Waals surface area contributed by atoms with Gasteiger partial charge < -0.3 is 14.7 Å². The maximum atomic E-state index is 11.7. The average molecular weight is 229 g/mol. The molecule has 1 atom stereocenters. The maximum absolute atomic E-state index is 11.7. The Hall–Kier alpha value is -1.10. The first-order valence-electron chi connectivity index (χ1n) is 5.58. The lowest BCUT2D eigenvalue weighted by atomic mass is 9.93. The van der Waals surface area contributed by atoms with E-state index >= 15 is 0 Å². The molecule has 1 fully saturated rings. The third-order valence-corrected chi connectivity index (χ3v) is 3.09.